The van der Waals surface area contributed by atoms with Crippen LogP contribution in [0.4, 0.5) is 0 Å². The summed E-state index contributed by atoms with van der Waals surface area (Å²) in [7, 11) is 0. The van der Waals surface area contributed by atoms with E-state index in [1.165, 1.54) is 0 Å². The minimum Gasteiger partial charge on any atom is -0.760 e. The Morgan fingerprint density at radius 3 is 2.67 bits per heavy atom. The standard InChI is InChI=1S/C7H17NO3S/c1-2-3-6-11-7-4-5-8-12(9)10/h8H,2-7H2,1H3,(H,9,10)/p-1. The highest BCUT2D eigenvalue weighted by atomic mass is 32.2. The quantitative estimate of drug-likeness (QED) is 0.454. The number of unbranched alkanes of at least 4 members (excludes halogenated alkanes) is 1. The summed E-state index contributed by atoms with van der Waals surface area (Å²) in [6.07, 6.45) is 2.93. The third-order valence-corrected chi connectivity index (χ3v) is 1.77. The predicted molar refractivity (Wildman–Crippen MR) is 47.3 cm³/mol. The first-order valence-corrected chi connectivity index (χ1v) is 5.25. The van der Waals surface area contributed by atoms with Crippen LogP contribution in [0.5, 0.6) is 0 Å². The van der Waals surface area contributed by atoms with Crippen molar-refractivity contribution in [3.63, 3.8) is 0 Å². The highest BCUT2D eigenvalue weighted by molar-refractivity contribution is 7.77. The highest BCUT2D eigenvalue weighted by Gasteiger charge is 1.88. The summed E-state index contributed by atoms with van der Waals surface area (Å²) < 4.78 is 27.5. The molecule has 12 heavy (non-hydrogen) atoms. The summed E-state index contributed by atoms with van der Waals surface area (Å²) in [4.78, 5) is 0. The molecule has 0 radical (unpaired) electrons. The van der Waals surface area contributed by atoms with Crippen LogP contribution in [-0.4, -0.2) is 28.5 Å². The average Bonchev–Trinajstić information content (AvgIpc) is 2.02. The molecule has 0 rings (SSSR count). The number of rotatable bonds is 8. The molecule has 0 heterocycles. The minimum atomic E-state index is -2.13. The molecular formula is C7H16NO3S-. The van der Waals surface area contributed by atoms with Gasteiger partial charge in [-0.15, -0.1) is 0 Å². The largest absolute Gasteiger partial charge is 0.760 e. The molecule has 0 bridgehead atoms. The smallest absolute Gasteiger partial charge is 0.0478 e. The van der Waals surface area contributed by atoms with Crippen LogP contribution < -0.4 is 4.72 Å². The van der Waals surface area contributed by atoms with Crippen molar-refractivity contribution in [3.8, 4) is 0 Å². The zero-order valence-corrected chi connectivity index (χ0v) is 8.19. The van der Waals surface area contributed by atoms with Gasteiger partial charge < -0.3 is 9.29 Å². The molecule has 0 amide bonds. The van der Waals surface area contributed by atoms with E-state index in [0.29, 0.717) is 13.2 Å². The lowest BCUT2D eigenvalue weighted by molar-refractivity contribution is 0.130. The van der Waals surface area contributed by atoms with Crippen LogP contribution in [0, 0.1) is 0 Å². The van der Waals surface area contributed by atoms with E-state index >= 15 is 0 Å². The molecule has 0 aromatic carbocycles. The fourth-order valence-electron chi connectivity index (χ4n) is 0.678. The van der Waals surface area contributed by atoms with Crippen LogP contribution in [0.15, 0.2) is 0 Å². The van der Waals surface area contributed by atoms with Crippen LogP contribution in [0.25, 0.3) is 0 Å². The Morgan fingerprint density at radius 2 is 2.08 bits per heavy atom. The average molecular weight is 194 g/mol. The first-order chi connectivity index (χ1) is 5.77. The summed E-state index contributed by atoms with van der Waals surface area (Å²) in [6, 6.07) is 0. The molecule has 5 heteroatoms. The van der Waals surface area contributed by atoms with E-state index in [9.17, 15) is 8.76 Å². The molecule has 0 aromatic rings. The van der Waals surface area contributed by atoms with Gasteiger partial charge in [0, 0.05) is 31.0 Å². The van der Waals surface area contributed by atoms with Gasteiger partial charge in [0.25, 0.3) is 0 Å². The van der Waals surface area contributed by atoms with Crippen molar-refractivity contribution >= 4 is 11.3 Å². The second kappa shape index (κ2) is 9.12. The Balaban J connectivity index is 2.86. The van der Waals surface area contributed by atoms with E-state index in [4.69, 9.17) is 4.74 Å². The first-order valence-electron chi connectivity index (χ1n) is 4.18. The summed E-state index contributed by atoms with van der Waals surface area (Å²) in [5.74, 6) is 0. The highest BCUT2D eigenvalue weighted by Crippen LogP contribution is 1.88. The second-order valence-electron chi connectivity index (χ2n) is 2.45. The summed E-state index contributed by atoms with van der Waals surface area (Å²) in [5, 5.41) is 0. The van der Waals surface area contributed by atoms with Gasteiger partial charge in [-0.05, 0) is 12.8 Å². The molecule has 0 spiro atoms. The van der Waals surface area contributed by atoms with Gasteiger partial charge in [0.05, 0.1) is 0 Å². The maximum Gasteiger partial charge on any atom is 0.0478 e. The third kappa shape index (κ3) is 10.0. The number of hydrogen-bond acceptors (Lipinski definition) is 3. The van der Waals surface area contributed by atoms with Crippen LogP contribution in [0.1, 0.15) is 26.2 Å². The van der Waals surface area contributed by atoms with Gasteiger partial charge >= 0.3 is 0 Å². The molecule has 1 atom stereocenters. The maximum atomic E-state index is 9.98. The molecule has 74 valence electrons. The number of hydrogen-bond donors (Lipinski definition) is 1. The van der Waals surface area contributed by atoms with Crippen molar-refractivity contribution in [1.82, 2.24) is 4.72 Å². The topological polar surface area (TPSA) is 61.4 Å². The van der Waals surface area contributed by atoms with Crippen LogP contribution in [0.3, 0.4) is 0 Å². The van der Waals surface area contributed by atoms with Crippen molar-refractivity contribution in [2.75, 3.05) is 19.8 Å². The summed E-state index contributed by atoms with van der Waals surface area (Å²) in [5.41, 5.74) is 0. The Morgan fingerprint density at radius 1 is 1.42 bits per heavy atom. The molecule has 0 fully saturated rings. The van der Waals surface area contributed by atoms with E-state index in [0.717, 1.165) is 25.9 Å². The molecular weight excluding hydrogens is 178 g/mol. The lowest BCUT2D eigenvalue weighted by atomic mass is 10.4. The Labute approximate surface area is 76.1 Å². The van der Waals surface area contributed by atoms with Crippen molar-refractivity contribution in [1.29, 1.82) is 0 Å². The minimum absolute atomic E-state index is 0.461. The molecule has 0 aliphatic carbocycles. The predicted octanol–water partition coefficient (Wildman–Crippen LogP) is 0.577. The lowest BCUT2D eigenvalue weighted by Gasteiger charge is -2.06. The van der Waals surface area contributed by atoms with Crippen molar-refractivity contribution in [3.05, 3.63) is 0 Å². The molecule has 4 nitrogen and oxygen atoms in total. The fraction of sp³-hybridized carbons (Fsp3) is 1.00. The van der Waals surface area contributed by atoms with Gasteiger partial charge in [-0.25, -0.2) is 4.72 Å². The van der Waals surface area contributed by atoms with Gasteiger partial charge in [0.15, 0.2) is 0 Å². The molecule has 1 N–H and O–H groups in total. The van der Waals surface area contributed by atoms with Gasteiger partial charge in [-0.1, -0.05) is 13.3 Å². The van der Waals surface area contributed by atoms with Crippen LogP contribution in [-0.2, 0) is 16.0 Å². The van der Waals surface area contributed by atoms with E-state index in [-0.39, 0.29) is 0 Å². The molecule has 0 aliphatic heterocycles. The molecule has 0 aliphatic rings. The summed E-state index contributed by atoms with van der Waals surface area (Å²) >= 11 is -2.13. The Bertz CT molecular complexity index is 121. The third-order valence-electron chi connectivity index (χ3n) is 1.33. The normalized spacial score (nSPS) is 13.2. The van der Waals surface area contributed by atoms with Gasteiger partial charge in [0.1, 0.15) is 0 Å². The maximum absolute atomic E-state index is 9.98. The molecule has 0 aromatic heterocycles. The number of ether oxygens (including phenoxy) is 1. The fourth-order valence-corrected chi connectivity index (χ4v) is 0.989. The van der Waals surface area contributed by atoms with Crippen LogP contribution >= 0.6 is 0 Å². The second-order valence-corrected chi connectivity index (χ2v) is 3.21. The van der Waals surface area contributed by atoms with Gasteiger partial charge in [-0.2, -0.15) is 0 Å². The van der Waals surface area contributed by atoms with Crippen molar-refractivity contribution in [2.45, 2.75) is 26.2 Å². The van der Waals surface area contributed by atoms with E-state index in [2.05, 4.69) is 11.6 Å². The van der Waals surface area contributed by atoms with E-state index in [1.807, 2.05) is 0 Å². The zero-order valence-electron chi connectivity index (χ0n) is 7.38. The monoisotopic (exact) mass is 194 g/mol. The summed E-state index contributed by atoms with van der Waals surface area (Å²) in [6.45, 7) is 3.97. The Kier molecular flexibility index (Phi) is 9.14. The van der Waals surface area contributed by atoms with Gasteiger partial charge in [-0.3, -0.25) is 4.21 Å². The van der Waals surface area contributed by atoms with E-state index in [1.54, 1.807) is 0 Å². The molecule has 0 saturated carbocycles. The van der Waals surface area contributed by atoms with Crippen molar-refractivity contribution in [2.24, 2.45) is 0 Å². The van der Waals surface area contributed by atoms with Gasteiger partial charge in [0.2, 0.25) is 0 Å². The first kappa shape index (κ1) is 12.0. The number of nitrogens with one attached hydrogen (secondary N) is 1. The SMILES string of the molecule is CCCCOCCCNS(=O)[O-]. The van der Waals surface area contributed by atoms with Crippen molar-refractivity contribution < 1.29 is 13.5 Å². The lowest BCUT2D eigenvalue weighted by Crippen LogP contribution is -2.19. The zero-order chi connectivity index (χ0) is 9.23. The van der Waals surface area contributed by atoms with E-state index < -0.39 is 11.3 Å². The molecule has 1 unspecified atom stereocenters. The molecule has 0 saturated heterocycles. The van der Waals surface area contributed by atoms with Crippen LogP contribution in [0.2, 0.25) is 0 Å². The Hall–Kier alpha value is 0.0300.